The highest BCUT2D eigenvalue weighted by Gasteiger charge is 2.01. The first-order chi connectivity index (χ1) is 6.27. The third-order valence-electron chi connectivity index (χ3n) is 1.99. The molecule has 0 radical (unpaired) electrons. The van der Waals surface area contributed by atoms with Crippen LogP contribution in [0.2, 0.25) is 5.02 Å². The molecule has 0 atom stereocenters. The Kier molecular flexibility index (Phi) is 3.79. The van der Waals surface area contributed by atoms with Gasteiger partial charge in [0.05, 0.1) is 11.6 Å². The monoisotopic (exact) mass is 193 g/mol. The molecule has 0 heterocycles. The topological polar surface area (TPSA) is 23.8 Å². The van der Waals surface area contributed by atoms with E-state index in [4.69, 9.17) is 16.9 Å². The highest BCUT2D eigenvalue weighted by Crippen LogP contribution is 2.17. The van der Waals surface area contributed by atoms with Crippen molar-refractivity contribution in [3.63, 3.8) is 0 Å². The molecular formula is C11H12ClN. The van der Waals surface area contributed by atoms with Gasteiger partial charge in [0, 0.05) is 5.02 Å². The molecule has 1 rings (SSSR count). The van der Waals surface area contributed by atoms with E-state index in [0.29, 0.717) is 10.6 Å². The second kappa shape index (κ2) is 4.89. The van der Waals surface area contributed by atoms with E-state index in [9.17, 15) is 0 Å². The molecule has 0 aromatic heterocycles. The Hall–Kier alpha value is -1.00. The second-order valence-corrected chi connectivity index (χ2v) is 3.45. The Labute approximate surface area is 84.0 Å². The summed E-state index contributed by atoms with van der Waals surface area (Å²) in [5.74, 6) is 0. The van der Waals surface area contributed by atoms with Crippen molar-refractivity contribution in [1.82, 2.24) is 0 Å². The molecule has 0 N–H and O–H groups in total. The van der Waals surface area contributed by atoms with Crippen molar-refractivity contribution in [2.24, 2.45) is 0 Å². The van der Waals surface area contributed by atoms with E-state index in [1.807, 2.05) is 12.1 Å². The summed E-state index contributed by atoms with van der Waals surface area (Å²) in [7, 11) is 0. The normalized spacial score (nSPS) is 9.62. The molecule has 1 nitrogen and oxygen atoms in total. The van der Waals surface area contributed by atoms with E-state index in [0.717, 1.165) is 24.8 Å². The molecule has 0 amide bonds. The lowest BCUT2D eigenvalue weighted by Crippen LogP contribution is -1.89. The van der Waals surface area contributed by atoms with Crippen LogP contribution in [0.3, 0.4) is 0 Å². The molecule has 1 aromatic rings. The lowest BCUT2D eigenvalue weighted by atomic mass is 10.0. The summed E-state index contributed by atoms with van der Waals surface area (Å²) >= 11 is 5.78. The van der Waals surface area contributed by atoms with Gasteiger partial charge in [0.15, 0.2) is 0 Å². The fraction of sp³-hybridized carbons (Fsp3) is 0.364. The highest BCUT2D eigenvalue weighted by atomic mass is 35.5. The maximum absolute atomic E-state index is 8.83. The summed E-state index contributed by atoms with van der Waals surface area (Å²) in [6.45, 7) is 2.14. The van der Waals surface area contributed by atoms with Gasteiger partial charge >= 0.3 is 0 Å². The lowest BCUT2D eigenvalue weighted by Gasteiger charge is -2.02. The number of aryl methyl sites for hydroxylation is 1. The molecule has 0 bridgehead atoms. The third-order valence-corrected chi connectivity index (χ3v) is 2.23. The zero-order chi connectivity index (χ0) is 9.68. The van der Waals surface area contributed by atoms with Crippen molar-refractivity contribution in [2.75, 3.05) is 0 Å². The van der Waals surface area contributed by atoms with Gasteiger partial charge < -0.3 is 0 Å². The Morgan fingerprint density at radius 2 is 2.23 bits per heavy atom. The van der Waals surface area contributed by atoms with Gasteiger partial charge in [-0.15, -0.1) is 0 Å². The fourth-order valence-electron chi connectivity index (χ4n) is 1.24. The quantitative estimate of drug-likeness (QED) is 0.720. The number of benzene rings is 1. The molecule has 0 aliphatic carbocycles. The Bertz CT molecular complexity index is 325. The van der Waals surface area contributed by atoms with Crippen molar-refractivity contribution in [1.29, 1.82) is 5.26 Å². The van der Waals surface area contributed by atoms with Gasteiger partial charge in [0.25, 0.3) is 0 Å². The molecule has 0 saturated heterocycles. The van der Waals surface area contributed by atoms with Gasteiger partial charge in [-0.2, -0.15) is 5.26 Å². The summed E-state index contributed by atoms with van der Waals surface area (Å²) in [6, 6.07) is 7.67. The maximum atomic E-state index is 8.83. The van der Waals surface area contributed by atoms with Gasteiger partial charge in [-0.3, -0.25) is 0 Å². The smallest absolute Gasteiger partial charge is 0.0995 e. The summed E-state index contributed by atoms with van der Waals surface area (Å²) in [5.41, 5.74) is 1.81. The van der Waals surface area contributed by atoms with E-state index >= 15 is 0 Å². The number of nitrogens with zero attached hydrogens (tertiary/aromatic N) is 1. The number of rotatable bonds is 3. The average Bonchev–Trinajstić information content (AvgIpc) is 2.16. The second-order valence-electron chi connectivity index (χ2n) is 3.02. The molecule has 0 unspecified atom stereocenters. The van der Waals surface area contributed by atoms with E-state index in [2.05, 4.69) is 13.0 Å². The van der Waals surface area contributed by atoms with Crippen molar-refractivity contribution in [2.45, 2.75) is 26.2 Å². The van der Waals surface area contributed by atoms with Gasteiger partial charge in [-0.05, 0) is 30.5 Å². The molecule has 13 heavy (non-hydrogen) atoms. The molecule has 1 aromatic carbocycles. The largest absolute Gasteiger partial charge is 0.192 e. The van der Waals surface area contributed by atoms with Gasteiger partial charge in [-0.25, -0.2) is 0 Å². The van der Waals surface area contributed by atoms with Crippen LogP contribution in [0.15, 0.2) is 18.2 Å². The first kappa shape index (κ1) is 10.1. The Morgan fingerprint density at radius 3 is 2.85 bits per heavy atom. The van der Waals surface area contributed by atoms with Crippen LogP contribution in [0.4, 0.5) is 0 Å². The van der Waals surface area contributed by atoms with E-state index in [-0.39, 0.29) is 0 Å². The van der Waals surface area contributed by atoms with Crippen LogP contribution in [0.5, 0.6) is 0 Å². The Balaban J connectivity index is 2.88. The number of hydrogen-bond acceptors (Lipinski definition) is 1. The summed E-state index contributed by atoms with van der Waals surface area (Å²) in [6.07, 6.45) is 3.24. The van der Waals surface area contributed by atoms with Gasteiger partial charge in [0.1, 0.15) is 0 Å². The van der Waals surface area contributed by atoms with Crippen LogP contribution in [0.25, 0.3) is 0 Å². The van der Waals surface area contributed by atoms with Crippen LogP contribution in [-0.2, 0) is 6.42 Å². The lowest BCUT2D eigenvalue weighted by molar-refractivity contribution is 0.793. The first-order valence-corrected chi connectivity index (χ1v) is 4.84. The minimum atomic E-state index is 0.636. The van der Waals surface area contributed by atoms with E-state index in [1.165, 1.54) is 0 Å². The third kappa shape index (κ3) is 2.75. The van der Waals surface area contributed by atoms with Gasteiger partial charge in [0.2, 0.25) is 0 Å². The molecule has 2 heteroatoms. The number of halogens is 1. The van der Waals surface area contributed by atoms with E-state index < -0.39 is 0 Å². The van der Waals surface area contributed by atoms with Crippen LogP contribution >= 0.6 is 11.6 Å². The summed E-state index contributed by atoms with van der Waals surface area (Å²) in [5, 5.41) is 9.47. The minimum Gasteiger partial charge on any atom is -0.192 e. The molecule has 0 fully saturated rings. The molecular weight excluding hydrogens is 182 g/mol. The molecule has 68 valence electrons. The van der Waals surface area contributed by atoms with Crippen molar-refractivity contribution in [3.05, 3.63) is 34.3 Å². The zero-order valence-electron chi connectivity index (χ0n) is 7.68. The predicted octanol–water partition coefficient (Wildman–Crippen LogP) is 3.55. The summed E-state index contributed by atoms with van der Waals surface area (Å²) in [4.78, 5) is 0. The molecule has 0 saturated carbocycles. The van der Waals surface area contributed by atoms with Crippen molar-refractivity contribution < 1.29 is 0 Å². The number of hydrogen-bond donors (Lipinski definition) is 0. The molecule has 0 aliphatic rings. The summed E-state index contributed by atoms with van der Waals surface area (Å²) < 4.78 is 0. The predicted molar refractivity (Wildman–Crippen MR) is 54.8 cm³/mol. The standard InChI is InChI=1S/C11H12ClN/c1-2-3-4-9-5-6-11(12)7-10(9)8-13/h5-7H,2-4H2,1H3. The van der Waals surface area contributed by atoms with E-state index in [1.54, 1.807) is 6.07 Å². The molecule has 0 spiro atoms. The average molecular weight is 194 g/mol. The SMILES string of the molecule is CCCCc1ccc(Cl)cc1C#N. The van der Waals surface area contributed by atoms with Crippen LogP contribution in [-0.4, -0.2) is 0 Å². The van der Waals surface area contributed by atoms with Crippen molar-refractivity contribution >= 4 is 11.6 Å². The Morgan fingerprint density at radius 1 is 1.46 bits per heavy atom. The van der Waals surface area contributed by atoms with Gasteiger partial charge in [-0.1, -0.05) is 31.0 Å². The van der Waals surface area contributed by atoms with Crippen LogP contribution < -0.4 is 0 Å². The van der Waals surface area contributed by atoms with Crippen LogP contribution in [0, 0.1) is 11.3 Å². The zero-order valence-corrected chi connectivity index (χ0v) is 8.43. The molecule has 0 aliphatic heterocycles. The highest BCUT2D eigenvalue weighted by molar-refractivity contribution is 6.30. The number of unbranched alkanes of at least 4 members (excludes halogenated alkanes) is 1. The van der Waals surface area contributed by atoms with Crippen LogP contribution in [0.1, 0.15) is 30.9 Å². The maximum Gasteiger partial charge on any atom is 0.0995 e. The fourth-order valence-corrected chi connectivity index (χ4v) is 1.41. The minimum absolute atomic E-state index is 0.636. The first-order valence-electron chi connectivity index (χ1n) is 4.46. The number of nitriles is 1. The van der Waals surface area contributed by atoms with Crippen molar-refractivity contribution in [3.8, 4) is 6.07 Å².